The van der Waals surface area contributed by atoms with Crippen molar-refractivity contribution in [3.05, 3.63) is 35.9 Å². The van der Waals surface area contributed by atoms with E-state index in [-0.39, 0.29) is 6.54 Å². The second-order valence-electron chi connectivity index (χ2n) is 7.67. The van der Waals surface area contributed by atoms with Crippen molar-refractivity contribution >= 4 is 12.1 Å². The molecule has 0 radical (unpaired) electrons. The maximum absolute atomic E-state index is 12.6. The number of methoxy groups -OCH3 is 1. The number of ether oxygens (including phenoxy) is 2. The molecule has 0 aliphatic carbocycles. The highest BCUT2D eigenvalue weighted by Gasteiger charge is 2.39. The molecule has 1 aliphatic heterocycles. The fraction of sp³-hybridized carbons (Fsp3) is 0.524. The first-order valence-electron chi connectivity index (χ1n) is 9.30. The van der Waals surface area contributed by atoms with Crippen LogP contribution in [0.25, 0.3) is 0 Å². The van der Waals surface area contributed by atoms with Crippen LogP contribution >= 0.6 is 0 Å². The summed E-state index contributed by atoms with van der Waals surface area (Å²) in [5.41, 5.74) is 0.261. The summed E-state index contributed by atoms with van der Waals surface area (Å²) in [7, 11) is 1.25. The molecular formula is C21H28N2O5. The minimum Gasteiger partial charge on any atom is -0.459 e. The van der Waals surface area contributed by atoms with Gasteiger partial charge in [0.15, 0.2) is 0 Å². The number of nitrogens with zero attached hydrogens (tertiary/aromatic N) is 2. The Morgan fingerprint density at radius 3 is 2.61 bits per heavy atom. The third-order valence-electron chi connectivity index (χ3n) is 4.31. The van der Waals surface area contributed by atoms with E-state index in [1.165, 1.54) is 7.11 Å². The number of rotatable bonds is 4. The molecule has 1 fully saturated rings. The molecule has 1 heterocycles. The predicted molar refractivity (Wildman–Crippen MR) is 103 cm³/mol. The molecule has 0 saturated carbocycles. The summed E-state index contributed by atoms with van der Waals surface area (Å²) < 4.78 is 10.1. The van der Waals surface area contributed by atoms with Crippen LogP contribution < -0.4 is 0 Å². The van der Waals surface area contributed by atoms with E-state index in [9.17, 15) is 14.8 Å². The summed E-state index contributed by atoms with van der Waals surface area (Å²) in [6.07, 6.45) is 0.957. The normalized spacial score (nSPS) is 17.6. The number of hydrogen-bond acceptors (Lipinski definition) is 6. The maximum atomic E-state index is 12.6. The minimum atomic E-state index is -0.755. The van der Waals surface area contributed by atoms with Gasteiger partial charge in [-0.3, -0.25) is 0 Å². The van der Waals surface area contributed by atoms with Crippen LogP contribution in [0.15, 0.2) is 30.3 Å². The van der Waals surface area contributed by atoms with Crippen LogP contribution in [0.1, 0.15) is 39.2 Å². The molecule has 7 heteroatoms. The number of carbonyl (C=O) groups is 2. The summed E-state index contributed by atoms with van der Waals surface area (Å²) in [5.74, 6) is 4.48. The third-order valence-corrected chi connectivity index (χ3v) is 4.31. The van der Waals surface area contributed by atoms with Gasteiger partial charge in [0.1, 0.15) is 11.6 Å². The lowest BCUT2D eigenvalue weighted by Gasteiger charge is -2.34. The third kappa shape index (κ3) is 6.25. The van der Waals surface area contributed by atoms with Crippen LogP contribution in [0.5, 0.6) is 0 Å². The SMILES string of the molecule is COC(=O)C#C[C@@H]([C@@H]1CCCN1C(=O)OC(C)(C)C)N(O)Cc1ccccc1. The Bertz CT molecular complexity index is 733. The van der Waals surface area contributed by atoms with Crippen LogP contribution in [0.2, 0.25) is 0 Å². The highest BCUT2D eigenvalue weighted by molar-refractivity contribution is 5.88. The quantitative estimate of drug-likeness (QED) is 0.370. The van der Waals surface area contributed by atoms with Crippen molar-refractivity contribution in [2.45, 2.75) is 57.8 Å². The Morgan fingerprint density at radius 2 is 2.00 bits per heavy atom. The van der Waals surface area contributed by atoms with E-state index in [2.05, 4.69) is 16.6 Å². The van der Waals surface area contributed by atoms with Gasteiger partial charge in [-0.05, 0) is 39.2 Å². The largest absolute Gasteiger partial charge is 0.459 e. The average Bonchev–Trinajstić information content (AvgIpc) is 3.10. The number of hydrogen-bond donors (Lipinski definition) is 1. The summed E-state index contributed by atoms with van der Waals surface area (Å²) in [6.45, 7) is 6.13. The van der Waals surface area contributed by atoms with Gasteiger partial charge in [0, 0.05) is 12.5 Å². The lowest BCUT2D eigenvalue weighted by atomic mass is 10.0. The first-order valence-corrected chi connectivity index (χ1v) is 9.30. The number of amides is 1. The van der Waals surface area contributed by atoms with Gasteiger partial charge in [0.2, 0.25) is 0 Å². The molecule has 1 amide bonds. The average molecular weight is 388 g/mol. The lowest BCUT2D eigenvalue weighted by molar-refractivity contribution is -0.135. The lowest BCUT2D eigenvalue weighted by Crippen LogP contribution is -2.50. The van der Waals surface area contributed by atoms with Gasteiger partial charge in [-0.15, -0.1) is 0 Å². The number of hydroxylamine groups is 2. The summed E-state index contributed by atoms with van der Waals surface area (Å²) >= 11 is 0. The van der Waals surface area contributed by atoms with E-state index in [0.29, 0.717) is 13.0 Å². The molecule has 0 bridgehead atoms. The van der Waals surface area contributed by atoms with E-state index < -0.39 is 29.7 Å². The van der Waals surface area contributed by atoms with Crippen molar-refractivity contribution < 1.29 is 24.3 Å². The molecule has 1 N–H and O–H groups in total. The van der Waals surface area contributed by atoms with Crippen molar-refractivity contribution in [1.82, 2.24) is 9.96 Å². The summed E-state index contributed by atoms with van der Waals surface area (Å²) in [5, 5.41) is 11.8. The van der Waals surface area contributed by atoms with E-state index in [0.717, 1.165) is 17.0 Å². The van der Waals surface area contributed by atoms with Gasteiger partial charge in [-0.1, -0.05) is 36.3 Å². The molecule has 0 spiro atoms. The number of carbonyl (C=O) groups excluding carboxylic acids is 2. The number of benzene rings is 1. The van der Waals surface area contributed by atoms with Crippen molar-refractivity contribution in [1.29, 1.82) is 0 Å². The van der Waals surface area contributed by atoms with Crippen LogP contribution in [-0.2, 0) is 20.8 Å². The number of esters is 1. The second-order valence-corrected chi connectivity index (χ2v) is 7.67. The summed E-state index contributed by atoms with van der Waals surface area (Å²) in [4.78, 5) is 25.7. The van der Waals surface area contributed by atoms with E-state index in [4.69, 9.17) is 4.74 Å². The Balaban J connectivity index is 2.24. The van der Waals surface area contributed by atoms with Gasteiger partial charge in [0.05, 0.1) is 19.7 Å². The number of likely N-dealkylation sites (tertiary alicyclic amines) is 1. The molecule has 152 valence electrons. The molecular weight excluding hydrogens is 360 g/mol. The fourth-order valence-electron chi connectivity index (χ4n) is 3.09. The highest BCUT2D eigenvalue weighted by Crippen LogP contribution is 2.25. The van der Waals surface area contributed by atoms with Gasteiger partial charge >= 0.3 is 12.1 Å². The monoisotopic (exact) mass is 388 g/mol. The fourth-order valence-corrected chi connectivity index (χ4v) is 3.09. The Kier molecular flexibility index (Phi) is 7.44. The Morgan fingerprint density at radius 1 is 1.32 bits per heavy atom. The van der Waals surface area contributed by atoms with Gasteiger partial charge in [-0.25, -0.2) is 9.59 Å². The Labute approximate surface area is 166 Å². The molecule has 1 saturated heterocycles. The van der Waals surface area contributed by atoms with Gasteiger partial charge < -0.3 is 19.6 Å². The first kappa shape index (κ1) is 21.7. The smallest absolute Gasteiger partial charge is 0.410 e. The van der Waals surface area contributed by atoms with Crippen LogP contribution in [0.3, 0.4) is 0 Å². The van der Waals surface area contributed by atoms with Crippen LogP contribution in [0, 0.1) is 11.8 Å². The molecule has 1 aromatic rings. The molecule has 0 unspecified atom stereocenters. The molecule has 2 rings (SSSR count). The molecule has 28 heavy (non-hydrogen) atoms. The highest BCUT2D eigenvalue weighted by atomic mass is 16.6. The molecule has 1 aromatic carbocycles. The van der Waals surface area contributed by atoms with E-state index in [1.807, 2.05) is 30.3 Å². The van der Waals surface area contributed by atoms with Crippen molar-refractivity contribution in [3.8, 4) is 11.8 Å². The zero-order chi connectivity index (χ0) is 20.7. The van der Waals surface area contributed by atoms with Crippen LogP contribution in [-0.4, -0.2) is 58.6 Å². The molecule has 0 aromatic heterocycles. The van der Waals surface area contributed by atoms with Crippen molar-refractivity contribution in [2.24, 2.45) is 0 Å². The standard InChI is InChI=1S/C21H28N2O5/c1-21(2,3)28-20(25)22-14-8-11-17(22)18(12-13-19(24)27-4)23(26)15-16-9-6-5-7-10-16/h5-7,9-10,17-18,26H,8,11,14-15H2,1-4H3/t17-,18-/m0/s1. The van der Waals surface area contributed by atoms with Gasteiger partial charge in [-0.2, -0.15) is 5.06 Å². The Hall–Kier alpha value is -2.56. The van der Waals surface area contributed by atoms with Gasteiger partial charge in [0.25, 0.3) is 0 Å². The molecule has 2 atom stereocenters. The summed E-state index contributed by atoms with van der Waals surface area (Å²) in [6, 6.07) is 8.25. The predicted octanol–water partition coefficient (Wildman–Crippen LogP) is 2.82. The zero-order valence-electron chi connectivity index (χ0n) is 16.8. The van der Waals surface area contributed by atoms with Crippen LogP contribution in [0.4, 0.5) is 4.79 Å². The maximum Gasteiger partial charge on any atom is 0.410 e. The van der Waals surface area contributed by atoms with Crippen molar-refractivity contribution in [3.63, 3.8) is 0 Å². The minimum absolute atomic E-state index is 0.208. The molecule has 7 nitrogen and oxygen atoms in total. The first-order chi connectivity index (χ1) is 13.2. The topological polar surface area (TPSA) is 79.3 Å². The van der Waals surface area contributed by atoms with Crippen molar-refractivity contribution in [2.75, 3.05) is 13.7 Å². The van der Waals surface area contributed by atoms with E-state index >= 15 is 0 Å². The second kappa shape index (κ2) is 9.58. The molecule has 1 aliphatic rings. The van der Waals surface area contributed by atoms with E-state index in [1.54, 1.807) is 25.7 Å². The zero-order valence-corrected chi connectivity index (χ0v) is 16.8.